The summed E-state index contributed by atoms with van der Waals surface area (Å²) in [5.74, 6) is 0.380. The van der Waals surface area contributed by atoms with Crippen LogP contribution in [0.25, 0.3) is 0 Å². The molecule has 0 aliphatic carbocycles. The molecule has 1 atom stereocenters. The van der Waals surface area contributed by atoms with Gasteiger partial charge < -0.3 is 9.64 Å². The summed E-state index contributed by atoms with van der Waals surface area (Å²) in [5.41, 5.74) is 1.06. The highest BCUT2D eigenvalue weighted by Crippen LogP contribution is 2.25. The molecule has 1 aliphatic heterocycles. The van der Waals surface area contributed by atoms with E-state index >= 15 is 0 Å². The molecule has 0 radical (unpaired) electrons. The van der Waals surface area contributed by atoms with Crippen LogP contribution >= 0.6 is 0 Å². The third-order valence-corrected chi connectivity index (χ3v) is 5.67. The number of hydrogen-bond donors (Lipinski definition) is 1. The number of carbonyl (C=O) groups excluding carboxylic acids is 1. The lowest BCUT2D eigenvalue weighted by molar-refractivity contribution is -0.118. The zero-order chi connectivity index (χ0) is 18.7. The summed E-state index contributed by atoms with van der Waals surface area (Å²) in [6.07, 6.45) is 0.375. The van der Waals surface area contributed by atoms with Crippen LogP contribution in [-0.2, 0) is 14.8 Å². The first-order chi connectivity index (χ1) is 12.4. The van der Waals surface area contributed by atoms with Gasteiger partial charge in [-0.15, -0.1) is 0 Å². The van der Waals surface area contributed by atoms with Gasteiger partial charge in [0.05, 0.1) is 23.6 Å². The van der Waals surface area contributed by atoms with Gasteiger partial charge in [-0.3, -0.25) is 4.79 Å². The van der Waals surface area contributed by atoms with Crippen molar-refractivity contribution in [1.29, 1.82) is 5.26 Å². The van der Waals surface area contributed by atoms with Gasteiger partial charge in [0.1, 0.15) is 11.8 Å². The smallest absolute Gasteiger partial charge is 0.245 e. The van der Waals surface area contributed by atoms with E-state index < -0.39 is 16.1 Å². The van der Waals surface area contributed by atoms with E-state index in [1.807, 2.05) is 6.07 Å². The fraction of sp³-hybridized carbons (Fsp3) is 0.222. The number of rotatable bonds is 5. The van der Waals surface area contributed by atoms with Crippen molar-refractivity contribution in [1.82, 2.24) is 4.72 Å². The summed E-state index contributed by atoms with van der Waals surface area (Å²) in [7, 11) is -2.29. The molecule has 1 N–H and O–H groups in total. The number of carbonyl (C=O) groups is 1. The zero-order valence-corrected chi connectivity index (χ0v) is 14.9. The third-order valence-electron chi connectivity index (χ3n) is 4.18. The summed E-state index contributed by atoms with van der Waals surface area (Å²) < 4.78 is 32.5. The molecule has 2 aromatic rings. The molecule has 7 nitrogen and oxygen atoms in total. The lowest BCUT2D eigenvalue weighted by Crippen LogP contribution is -2.41. The largest absolute Gasteiger partial charge is 0.497 e. The van der Waals surface area contributed by atoms with E-state index in [9.17, 15) is 13.2 Å². The highest BCUT2D eigenvalue weighted by Gasteiger charge is 2.35. The Bertz CT molecular complexity index is 947. The molecule has 0 saturated carbocycles. The number of methoxy groups -OCH3 is 1. The van der Waals surface area contributed by atoms with Gasteiger partial charge in [-0.2, -0.15) is 9.98 Å². The van der Waals surface area contributed by atoms with Gasteiger partial charge in [-0.25, -0.2) is 8.42 Å². The van der Waals surface area contributed by atoms with Crippen molar-refractivity contribution in [3.63, 3.8) is 0 Å². The van der Waals surface area contributed by atoms with Crippen molar-refractivity contribution in [3.8, 4) is 11.8 Å². The molecule has 0 unspecified atom stereocenters. The molecule has 1 amide bonds. The molecular weight excluding hydrogens is 354 g/mol. The maximum Gasteiger partial charge on any atom is 0.245 e. The lowest BCUT2D eigenvalue weighted by atomic mass is 10.2. The number of nitrogens with zero attached hydrogens (tertiary/aromatic N) is 2. The number of sulfonamides is 1. The van der Waals surface area contributed by atoms with Crippen LogP contribution in [0.2, 0.25) is 0 Å². The number of hydrogen-bond acceptors (Lipinski definition) is 5. The second-order valence-corrected chi connectivity index (χ2v) is 7.50. The Hall–Kier alpha value is -2.89. The Morgan fingerprint density at radius 1 is 1.15 bits per heavy atom. The molecule has 2 aromatic carbocycles. The average molecular weight is 371 g/mol. The number of ether oxygens (including phenoxy) is 1. The first-order valence-electron chi connectivity index (χ1n) is 7.92. The summed E-state index contributed by atoms with van der Waals surface area (Å²) in [6, 6.07) is 13.7. The topological polar surface area (TPSA) is 99.5 Å². The van der Waals surface area contributed by atoms with E-state index in [1.165, 1.54) is 24.3 Å². The number of benzene rings is 2. The Morgan fingerprint density at radius 2 is 1.81 bits per heavy atom. The first kappa shape index (κ1) is 17.9. The highest BCUT2D eigenvalue weighted by atomic mass is 32.2. The summed E-state index contributed by atoms with van der Waals surface area (Å²) >= 11 is 0. The maximum absolute atomic E-state index is 12.6. The maximum atomic E-state index is 12.6. The average Bonchev–Trinajstić information content (AvgIpc) is 3.01. The van der Waals surface area contributed by atoms with E-state index in [0.717, 1.165) is 0 Å². The van der Waals surface area contributed by atoms with Crippen LogP contribution < -0.4 is 14.4 Å². The molecule has 1 heterocycles. The SMILES string of the molecule is COc1ccc(N2CC[C@@H](NS(=O)(=O)c3ccc(C#N)cc3)C2=O)cc1. The van der Waals surface area contributed by atoms with Crippen LogP contribution in [0.5, 0.6) is 5.75 Å². The van der Waals surface area contributed by atoms with Crippen LogP contribution in [0.15, 0.2) is 53.4 Å². The monoisotopic (exact) mass is 371 g/mol. The minimum atomic E-state index is -3.84. The Labute approximate surface area is 151 Å². The molecular formula is C18H17N3O4S. The van der Waals surface area contributed by atoms with Crippen molar-refractivity contribution in [2.75, 3.05) is 18.6 Å². The molecule has 8 heteroatoms. The lowest BCUT2D eigenvalue weighted by Gasteiger charge is -2.17. The summed E-state index contributed by atoms with van der Waals surface area (Å²) in [6.45, 7) is 0.422. The van der Waals surface area contributed by atoms with Crippen LogP contribution in [0.1, 0.15) is 12.0 Å². The third kappa shape index (κ3) is 3.54. The number of nitrogens with one attached hydrogen (secondary N) is 1. The number of nitriles is 1. The van der Waals surface area contributed by atoms with E-state index in [0.29, 0.717) is 30.0 Å². The van der Waals surface area contributed by atoms with Crippen molar-refractivity contribution in [2.45, 2.75) is 17.4 Å². The van der Waals surface area contributed by atoms with E-state index in [2.05, 4.69) is 4.72 Å². The number of anilines is 1. The van der Waals surface area contributed by atoms with Crippen LogP contribution in [-0.4, -0.2) is 34.0 Å². The fourth-order valence-electron chi connectivity index (χ4n) is 2.77. The van der Waals surface area contributed by atoms with Crippen LogP contribution in [0.4, 0.5) is 5.69 Å². The van der Waals surface area contributed by atoms with Crippen LogP contribution in [0, 0.1) is 11.3 Å². The zero-order valence-electron chi connectivity index (χ0n) is 14.0. The first-order valence-corrected chi connectivity index (χ1v) is 9.41. The number of amides is 1. The van der Waals surface area contributed by atoms with Crippen molar-refractivity contribution in [2.24, 2.45) is 0 Å². The molecule has 1 saturated heterocycles. The van der Waals surface area contributed by atoms with Crippen molar-refractivity contribution in [3.05, 3.63) is 54.1 Å². The van der Waals surface area contributed by atoms with Gasteiger partial charge in [-0.05, 0) is 55.0 Å². The summed E-state index contributed by atoms with van der Waals surface area (Å²) in [4.78, 5) is 14.2. The van der Waals surface area contributed by atoms with Gasteiger partial charge >= 0.3 is 0 Å². The molecule has 3 rings (SSSR count). The summed E-state index contributed by atoms with van der Waals surface area (Å²) in [5, 5.41) is 8.79. The van der Waals surface area contributed by atoms with Gasteiger partial charge in [0.25, 0.3) is 0 Å². The highest BCUT2D eigenvalue weighted by molar-refractivity contribution is 7.89. The molecule has 0 spiro atoms. The van der Waals surface area contributed by atoms with Crippen LogP contribution in [0.3, 0.4) is 0 Å². The standard InChI is InChI=1S/C18H17N3O4S/c1-25-15-6-4-14(5-7-15)21-11-10-17(18(21)22)20-26(23,24)16-8-2-13(12-19)3-9-16/h2-9,17,20H,10-11H2,1H3/t17-/m1/s1. The Morgan fingerprint density at radius 3 is 2.38 bits per heavy atom. The van der Waals surface area contributed by atoms with Gasteiger partial charge in [0.2, 0.25) is 15.9 Å². The molecule has 134 valence electrons. The van der Waals surface area contributed by atoms with E-state index in [1.54, 1.807) is 36.3 Å². The minimum Gasteiger partial charge on any atom is -0.497 e. The second-order valence-electron chi connectivity index (χ2n) is 5.79. The predicted octanol–water partition coefficient (Wildman–Crippen LogP) is 1.65. The predicted molar refractivity (Wildman–Crippen MR) is 95.2 cm³/mol. The van der Waals surface area contributed by atoms with E-state index in [-0.39, 0.29) is 10.8 Å². The second kappa shape index (κ2) is 7.15. The van der Waals surface area contributed by atoms with Crippen molar-refractivity contribution < 1.29 is 17.9 Å². The Balaban J connectivity index is 1.74. The van der Waals surface area contributed by atoms with Crippen molar-refractivity contribution >= 4 is 21.6 Å². The molecule has 0 bridgehead atoms. The molecule has 0 aromatic heterocycles. The van der Waals surface area contributed by atoms with Gasteiger partial charge in [-0.1, -0.05) is 0 Å². The van der Waals surface area contributed by atoms with Gasteiger partial charge in [0.15, 0.2) is 0 Å². The van der Waals surface area contributed by atoms with Gasteiger partial charge in [0, 0.05) is 12.2 Å². The quantitative estimate of drug-likeness (QED) is 0.861. The minimum absolute atomic E-state index is 0.0206. The normalized spacial score (nSPS) is 17.2. The molecule has 1 fully saturated rings. The Kier molecular flexibility index (Phi) is 4.93. The molecule has 26 heavy (non-hydrogen) atoms. The fourth-order valence-corrected chi connectivity index (χ4v) is 4.00. The van der Waals surface area contributed by atoms with E-state index in [4.69, 9.17) is 10.00 Å². The molecule has 1 aliphatic rings.